The molecule has 74 valence electrons. The second-order valence-electron chi connectivity index (χ2n) is 4.25. The van der Waals surface area contributed by atoms with Crippen LogP contribution in [0.2, 0.25) is 0 Å². The molecule has 2 atom stereocenters. The van der Waals surface area contributed by atoms with E-state index in [-0.39, 0.29) is 0 Å². The van der Waals surface area contributed by atoms with Crippen LogP contribution in [0.25, 0.3) is 0 Å². The van der Waals surface area contributed by atoms with Crippen LogP contribution >= 0.6 is 11.8 Å². The Kier molecular flexibility index (Phi) is 3.33. The van der Waals surface area contributed by atoms with Gasteiger partial charge in [0.05, 0.1) is 0 Å². The van der Waals surface area contributed by atoms with E-state index in [2.05, 4.69) is 30.1 Å². The summed E-state index contributed by atoms with van der Waals surface area (Å²) in [5.74, 6) is 3.52. The number of nitrogens with one attached hydrogen (secondary N) is 1. The molecule has 0 aromatic heterocycles. The molecular weight excluding hydrogens is 178 g/mol. The average Bonchev–Trinajstić information content (AvgIpc) is 2.42. The predicted molar refractivity (Wildman–Crippen MR) is 60.2 cm³/mol. The molecular formula is C11H19NS. The third-order valence-electron chi connectivity index (χ3n) is 3.13. The van der Waals surface area contributed by atoms with Gasteiger partial charge in [0, 0.05) is 18.3 Å². The third-order valence-corrected chi connectivity index (χ3v) is 4.49. The Labute approximate surface area is 85.4 Å². The van der Waals surface area contributed by atoms with E-state index in [0.717, 1.165) is 18.5 Å². The van der Waals surface area contributed by atoms with E-state index < -0.39 is 0 Å². The van der Waals surface area contributed by atoms with Gasteiger partial charge in [0.15, 0.2) is 0 Å². The molecule has 13 heavy (non-hydrogen) atoms. The van der Waals surface area contributed by atoms with Gasteiger partial charge < -0.3 is 5.32 Å². The van der Waals surface area contributed by atoms with Crippen molar-refractivity contribution in [2.24, 2.45) is 5.92 Å². The molecule has 1 heterocycles. The Morgan fingerprint density at radius 2 is 2.31 bits per heavy atom. The van der Waals surface area contributed by atoms with Crippen molar-refractivity contribution in [1.29, 1.82) is 0 Å². The number of rotatable bonds is 3. The zero-order chi connectivity index (χ0) is 9.10. The second kappa shape index (κ2) is 4.52. The van der Waals surface area contributed by atoms with Crippen LogP contribution in [0.1, 0.15) is 26.2 Å². The van der Waals surface area contributed by atoms with Crippen LogP contribution < -0.4 is 5.32 Å². The van der Waals surface area contributed by atoms with E-state index in [1.165, 1.54) is 30.8 Å². The summed E-state index contributed by atoms with van der Waals surface area (Å²) in [6, 6.07) is 0.766. The minimum Gasteiger partial charge on any atom is -0.309 e. The molecule has 2 rings (SSSR count). The number of allylic oxidation sites excluding steroid dienone is 1. The first-order chi connectivity index (χ1) is 6.36. The van der Waals surface area contributed by atoms with Crippen molar-refractivity contribution in [2.75, 3.05) is 18.1 Å². The van der Waals surface area contributed by atoms with Gasteiger partial charge in [-0.05, 0) is 30.9 Å². The molecule has 0 aromatic rings. The van der Waals surface area contributed by atoms with Crippen molar-refractivity contribution in [3.8, 4) is 0 Å². The van der Waals surface area contributed by atoms with Crippen LogP contribution in [0.15, 0.2) is 11.6 Å². The molecule has 0 spiro atoms. The summed E-state index contributed by atoms with van der Waals surface area (Å²) in [7, 11) is 0. The maximum atomic E-state index is 3.63. The molecule has 0 amide bonds. The van der Waals surface area contributed by atoms with Gasteiger partial charge >= 0.3 is 0 Å². The molecule has 0 aromatic carbocycles. The molecule has 1 aliphatic heterocycles. The first-order valence-corrected chi connectivity index (χ1v) is 6.51. The molecule has 0 bridgehead atoms. The van der Waals surface area contributed by atoms with Crippen molar-refractivity contribution < 1.29 is 0 Å². The van der Waals surface area contributed by atoms with E-state index in [1.54, 1.807) is 5.57 Å². The summed E-state index contributed by atoms with van der Waals surface area (Å²) in [6.45, 7) is 3.46. The Morgan fingerprint density at radius 1 is 1.46 bits per heavy atom. The zero-order valence-electron chi connectivity index (χ0n) is 8.38. The number of hydrogen-bond donors (Lipinski definition) is 1. The maximum absolute atomic E-state index is 3.63. The summed E-state index contributed by atoms with van der Waals surface area (Å²) < 4.78 is 0. The van der Waals surface area contributed by atoms with E-state index in [9.17, 15) is 0 Å². The summed E-state index contributed by atoms with van der Waals surface area (Å²) >= 11 is 2.09. The summed E-state index contributed by atoms with van der Waals surface area (Å²) in [4.78, 5) is 0. The summed E-state index contributed by atoms with van der Waals surface area (Å²) in [5.41, 5.74) is 1.67. The van der Waals surface area contributed by atoms with Crippen LogP contribution in [0.4, 0.5) is 0 Å². The lowest BCUT2D eigenvalue weighted by molar-refractivity contribution is 0.472. The van der Waals surface area contributed by atoms with Crippen LogP contribution in [-0.4, -0.2) is 24.1 Å². The van der Waals surface area contributed by atoms with E-state index in [1.807, 2.05) is 0 Å². The average molecular weight is 197 g/mol. The topological polar surface area (TPSA) is 12.0 Å². The Morgan fingerprint density at radius 3 is 2.85 bits per heavy atom. The third kappa shape index (κ3) is 2.50. The molecule has 2 heteroatoms. The van der Waals surface area contributed by atoms with Gasteiger partial charge in [-0.15, -0.1) is 0 Å². The van der Waals surface area contributed by atoms with E-state index in [0.29, 0.717) is 0 Å². The molecule has 1 N–H and O–H groups in total. The van der Waals surface area contributed by atoms with Gasteiger partial charge in [-0.25, -0.2) is 0 Å². The van der Waals surface area contributed by atoms with Crippen LogP contribution in [-0.2, 0) is 0 Å². The van der Waals surface area contributed by atoms with Gasteiger partial charge in [0.1, 0.15) is 0 Å². The van der Waals surface area contributed by atoms with Crippen molar-refractivity contribution in [2.45, 2.75) is 32.2 Å². The van der Waals surface area contributed by atoms with E-state index >= 15 is 0 Å². The maximum Gasteiger partial charge on any atom is 0.0194 e. The molecule has 2 aliphatic rings. The predicted octanol–water partition coefficient (Wildman–Crippen LogP) is 2.44. The highest BCUT2D eigenvalue weighted by Gasteiger charge is 2.22. The lowest BCUT2D eigenvalue weighted by atomic mass is 9.92. The van der Waals surface area contributed by atoms with Crippen molar-refractivity contribution in [3.63, 3.8) is 0 Å². The fourth-order valence-corrected chi connectivity index (χ4v) is 3.30. The Balaban J connectivity index is 1.66. The molecule has 2 fully saturated rings. The summed E-state index contributed by atoms with van der Waals surface area (Å²) in [6.07, 6.45) is 6.54. The smallest absolute Gasteiger partial charge is 0.0194 e. The van der Waals surface area contributed by atoms with Crippen LogP contribution in [0.5, 0.6) is 0 Å². The van der Waals surface area contributed by atoms with Crippen molar-refractivity contribution >= 4 is 11.8 Å². The van der Waals surface area contributed by atoms with Gasteiger partial charge in [-0.2, -0.15) is 11.8 Å². The monoisotopic (exact) mass is 197 g/mol. The quantitative estimate of drug-likeness (QED) is 0.697. The molecule has 1 saturated carbocycles. The van der Waals surface area contributed by atoms with Crippen LogP contribution in [0, 0.1) is 5.92 Å². The number of thioether (sulfide) groups is 1. The Hall–Kier alpha value is 0.0500. The lowest BCUT2D eigenvalue weighted by Gasteiger charge is -2.18. The fourth-order valence-electron chi connectivity index (χ4n) is 1.86. The lowest BCUT2D eigenvalue weighted by Crippen LogP contribution is -2.34. The summed E-state index contributed by atoms with van der Waals surface area (Å²) in [5, 5.41) is 3.63. The highest BCUT2D eigenvalue weighted by Crippen LogP contribution is 2.25. The minimum atomic E-state index is 0.766. The molecule has 1 saturated heterocycles. The van der Waals surface area contributed by atoms with E-state index in [4.69, 9.17) is 0 Å². The molecule has 1 aliphatic carbocycles. The van der Waals surface area contributed by atoms with Crippen molar-refractivity contribution in [3.05, 3.63) is 11.6 Å². The molecule has 0 radical (unpaired) electrons. The van der Waals surface area contributed by atoms with Gasteiger partial charge in [-0.1, -0.05) is 18.6 Å². The zero-order valence-corrected chi connectivity index (χ0v) is 9.20. The standard InChI is InChI=1S/C11H19NS/c1-9-7-13-8-11(9)12-6-5-10-3-2-4-10/h5,9,11-12H,2-4,6-8H2,1H3. The van der Waals surface area contributed by atoms with Gasteiger partial charge in [-0.3, -0.25) is 0 Å². The van der Waals surface area contributed by atoms with Gasteiger partial charge in [0.25, 0.3) is 0 Å². The number of hydrogen-bond acceptors (Lipinski definition) is 2. The fraction of sp³-hybridized carbons (Fsp3) is 0.818. The van der Waals surface area contributed by atoms with Gasteiger partial charge in [0.2, 0.25) is 0 Å². The first-order valence-electron chi connectivity index (χ1n) is 5.35. The van der Waals surface area contributed by atoms with Crippen molar-refractivity contribution in [1.82, 2.24) is 5.32 Å². The highest BCUT2D eigenvalue weighted by molar-refractivity contribution is 7.99. The first kappa shape index (κ1) is 9.60. The minimum absolute atomic E-state index is 0.766. The second-order valence-corrected chi connectivity index (χ2v) is 5.32. The SMILES string of the molecule is CC1CSCC1NCC=C1CCC1. The molecule has 1 nitrogen and oxygen atoms in total. The van der Waals surface area contributed by atoms with Crippen LogP contribution in [0.3, 0.4) is 0 Å². The normalized spacial score (nSPS) is 33.2. The highest BCUT2D eigenvalue weighted by atomic mass is 32.2. The Bertz CT molecular complexity index is 194. The largest absolute Gasteiger partial charge is 0.309 e. The molecule has 2 unspecified atom stereocenters.